The molecule has 39 heavy (non-hydrogen) atoms. The van der Waals surface area contributed by atoms with Crippen LogP contribution in [0.3, 0.4) is 0 Å². The number of benzene rings is 2. The van der Waals surface area contributed by atoms with Crippen LogP contribution in [-0.4, -0.2) is 47.8 Å². The summed E-state index contributed by atoms with van der Waals surface area (Å²) in [6, 6.07) is 12.3. The number of methoxy groups -OCH3 is 1. The smallest absolute Gasteiger partial charge is 0.275 e. The van der Waals surface area contributed by atoms with Gasteiger partial charge in [0.05, 0.1) is 12.6 Å². The summed E-state index contributed by atoms with van der Waals surface area (Å²) in [5.41, 5.74) is 2.40. The van der Waals surface area contributed by atoms with E-state index in [0.717, 1.165) is 43.4 Å². The van der Waals surface area contributed by atoms with Gasteiger partial charge in [-0.3, -0.25) is 9.59 Å². The molecule has 0 aromatic heterocycles. The van der Waals surface area contributed by atoms with Crippen LogP contribution >= 0.6 is 23.2 Å². The number of aliphatic imine (C=N–C) groups is 1. The highest BCUT2D eigenvalue weighted by Gasteiger charge is 2.55. The number of hydrogen-bond acceptors (Lipinski definition) is 5. The fourth-order valence-electron chi connectivity index (χ4n) is 5.79. The zero-order valence-electron chi connectivity index (χ0n) is 22.0. The van der Waals surface area contributed by atoms with Crippen LogP contribution in [0.4, 0.5) is 0 Å². The first kappa shape index (κ1) is 27.5. The molecule has 3 aliphatic rings. The van der Waals surface area contributed by atoms with Crippen molar-refractivity contribution in [1.29, 1.82) is 0 Å². The van der Waals surface area contributed by atoms with Crippen molar-refractivity contribution >= 4 is 40.7 Å². The molecule has 1 spiro atoms. The molecule has 5 rings (SSSR count). The molecule has 2 heterocycles. The van der Waals surface area contributed by atoms with Crippen molar-refractivity contribution in [2.24, 2.45) is 10.1 Å². The minimum absolute atomic E-state index is 0.163. The van der Waals surface area contributed by atoms with Crippen molar-refractivity contribution in [3.8, 4) is 0 Å². The Morgan fingerprint density at radius 2 is 1.92 bits per heavy atom. The lowest BCUT2D eigenvalue weighted by Crippen LogP contribution is -2.64. The molecule has 0 saturated heterocycles. The molecule has 0 radical (unpaired) electrons. The molecule has 3 atom stereocenters. The van der Waals surface area contributed by atoms with Gasteiger partial charge in [0, 0.05) is 33.4 Å². The van der Waals surface area contributed by atoms with Gasteiger partial charge in [-0.05, 0) is 61.6 Å². The average molecular weight is 570 g/mol. The van der Waals surface area contributed by atoms with Crippen LogP contribution in [0.15, 0.2) is 64.5 Å². The number of nitrogens with zero attached hydrogens (tertiary/aromatic N) is 3. The number of hydrogen-bond donors (Lipinski definition) is 2. The van der Waals surface area contributed by atoms with E-state index >= 15 is 0 Å². The second-order valence-electron chi connectivity index (χ2n) is 10.1. The van der Waals surface area contributed by atoms with Crippen LogP contribution < -0.4 is 10.4 Å². The highest BCUT2D eigenvalue weighted by molar-refractivity contribution is 6.48. The molecule has 10 heteroatoms. The summed E-state index contributed by atoms with van der Waals surface area (Å²) in [5, 5.41) is 10.4. The number of amides is 2. The van der Waals surface area contributed by atoms with Crippen LogP contribution in [0, 0.1) is 0 Å². The molecule has 3 unspecified atom stereocenters. The standard InChI is InChI=1S/C29H31Cl2N5O3/c1-3-6-24(18-8-10-19(11-9-18)27(37)32-16-23-17-33-35-23)36-28(38)26(20-13-21(30)15-22(31)14-20)34-29(36)12-5-4-7-25(29)39-2/h8-11,13-15,17,24-25H,3-7,12,16H2,1-2H3,(H,32,37)/p+1. The monoisotopic (exact) mass is 568 g/mol. The van der Waals surface area contributed by atoms with E-state index in [-0.39, 0.29) is 24.0 Å². The zero-order valence-corrected chi connectivity index (χ0v) is 23.6. The minimum atomic E-state index is -0.835. The maximum Gasteiger partial charge on any atom is 0.275 e. The Kier molecular flexibility index (Phi) is 8.16. The number of carbonyl (C=O) groups is 2. The lowest BCUT2D eigenvalue weighted by Gasteiger charge is -2.47. The molecule has 1 saturated carbocycles. The van der Waals surface area contributed by atoms with E-state index in [2.05, 4.69) is 22.5 Å². The molecule has 0 bridgehead atoms. The summed E-state index contributed by atoms with van der Waals surface area (Å²) < 4.78 is 5.99. The molecular weight excluding hydrogens is 537 g/mol. The van der Waals surface area contributed by atoms with Crippen LogP contribution in [0.5, 0.6) is 0 Å². The SMILES string of the molecule is CCCC(c1ccc(C(=O)NCC2=C[NH+]=N2)cc1)N1C(=O)C(c2cc(Cl)cc(Cl)c2)=NC12CCCCC2OC. The lowest BCUT2D eigenvalue weighted by molar-refractivity contribution is -0.478. The van der Waals surface area contributed by atoms with Gasteiger partial charge in [0.15, 0.2) is 11.4 Å². The molecular formula is C29H32Cl2N5O3+. The molecule has 2 amide bonds. The quantitative estimate of drug-likeness (QED) is 0.463. The molecule has 2 N–H and O–H groups in total. The van der Waals surface area contributed by atoms with Gasteiger partial charge >= 0.3 is 0 Å². The number of nitrogens with one attached hydrogen (secondary N) is 2. The molecule has 8 nitrogen and oxygen atoms in total. The Morgan fingerprint density at radius 3 is 2.54 bits per heavy atom. The van der Waals surface area contributed by atoms with Gasteiger partial charge in [0.25, 0.3) is 11.8 Å². The third-order valence-corrected chi connectivity index (χ3v) is 8.08. The molecule has 204 valence electrons. The van der Waals surface area contributed by atoms with E-state index in [0.29, 0.717) is 39.8 Å². The first-order valence-corrected chi connectivity index (χ1v) is 14.1. The van der Waals surface area contributed by atoms with E-state index in [9.17, 15) is 9.59 Å². The molecule has 2 aliphatic heterocycles. The van der Waals surface area contributed by atoms with Gasteiger partial charge in [-0.25, -0.2) is 4.99 Å². The lowest BCUT2D eigenvalue weighted by atomic mass is 9.83. The number of carbonyl (C=O) groups excluding carboxylic acids is 2. The van der Waals surface area contributed by atoms with Crippen LogP contribution in [0.1, 0.15) is 73.0 Å². The summed E-state index contributed by atoms with van der Waals surface area (Å²) in [6.45, 7) is 2.47. The fraction of sp³-hybridized carbons (Fsp3) is 0.414. The first-order valence-electron chi connectivity index (χ1n) is 13.3. The van der Waals surface area contributed by atoms with Gasteiger partial charge in [-0.15, -0.1) is 5.11 Å². The summed E-state index contributed by atoms with van der Waals surface area (Å²) in [6.07, 6.45) is 6.55. The summed E-state index contributed by atoms with van der Waals surface area (Å²) in [7, 11) is 1.69. The third-order valence-electron chi connectivity index (χ3n) is 7.64. The van der Waals surface area contributed by atoms with Crippen molar-refractivity contribution < 1.29 is 19.4 Å². The number of ether oxygens (including phenoxy) is 1. The highest BCUT2D eigenvalue weighted by Crippen LogP contribution is 2.46. The van der Waals surface area contributed by atoms with E-state index in [1.54, 1.807) is 43.6 Å². The normalized spacial score (nSPS) is 22.9. The maximum absolute atomic E-state index is 14.3. The Bertz CT molecular complexity index is 1340. The summed E-state index contributed by atoms with van der Waals surface area (Å²) in [4.78, 5) is 34.0. The van der Waals surface area contributed by atoms with E-state index < -0.39 is 5.66 Å². The predicted molar refractivity (Wildman–Crippen MR) is 150 cm³/mol. The second kappa shape index (κ2) is 11.6. The van der Waals surface area contributed by atoms with Gasteiger partial charge in [0.2, 0.25) is 6.20 Å². The van der Waals surface area contributed by atoms with Crippen molar-refractivity contribution in [1.82, 2.24) is 10.2 Å². The summed E-state index contributed by atoms with van der Waals surface area (Å²) in [5.74, 6) is -0.343. The van der Waals surface area contributed by atoms with Gasteiger partial charge in [-0.1, -0.05) is 55.1 Å². The van der Waals surface area contributed by atoms with Gasteiger partial charge in [0.1, 0.15) is 11.8 Å². The van der Waals surface area contributed by atoms with Crippen molar-refractivity contribution in [3.63, 3.8) is 0 Å². The Hall–Kier alpha value is -3.07. The Labute approximate surface area is 238 Å². The van der Waals surface area contributed by atoms with Crippen LogP contribution in [0.25, 0.3) is 0 Å². The average Bonchev–Trinajstić information content (AvgIpc) is 3.18. The summed E-state index contributed by atoms with van der Waals surface area (Å²) >= 11 is 12.6. The zero-order chi connectivity index (χ0) is 27.6. The minimum Gasteiger partial charge on any atom is -0.377 e. The number of halogens is 2. The van der Waals surface area contributed by atoms with Crippen LogP contribution in [-0.2, 0) is 9.53 Å². The third kappa shape index (κ3) is 5.38. The maximum atomic E-state index is 14.3. The number of azo groups is 1. The Morgan fingerprint density at radius 1 is 1.21 bits per heavy atom. The van der Waals surface area contributed by atoms with Crippen molar-refractivity contribution in [2.45, 2.75) is 63.3 Å². The number of rotatable bonds is 9. The fourth-order valence-corrected chi connectivity index (χ4v) is 6.31. The largest absolute Gasteiger partial charge is 0.377 e. The molecule has 1 aliphatic carbocycles. The van der Waals surface area contributed by atoms with Crippen molar-refractivity contribution in [2.75, 3.05) is 13.7 Å². The van der Waals surface area contributed by atoms with E-state index in [1.807, 2.05) is 17.0 Å². The van der Waals surface area contributed by atoms with Gasteiger partial charge < -0.3 is 15.0 Å². The second-order valence-corrected chi connectivity index (χ2v) is 11.0. The Balaban J connectivity index is 1.50. The molecule has 2 aromatic rings. The first-order chi connectivity index (χ1) is 18.9. The van der Waals surface area contributed by atoms with Gasteiger partial charge in [-0.2, -0.15) is 0 Å². The van der Waals surface area contributed by atoms with E-state index in [4.69, 9.17) is 32.9 Å². The van der Waals surface area contributed by atoms with E-state index in [1.165, 1.54) is 0 Å². The molecule has 2 aromatic carbocycles. The predicted octanol–water partition coefficient (Wildman–Crippen LogP) is 4.57. The topological polar surface area (TPSA) is 97.3 Å². The van der Waals surface area contributed by atoms with Crippen LogP contribution in [0.2, 0.25) is 10.0 Å². The molecule has 1 fully saturated rings. The highest BCUT2D eigenvalue weighted by atomic mass is 35.5. The van der Waals surface area contributed by atoms with Crippen molar-refractivity contribution in [3.05, 3.63) is 81.1 Å².